The highest BCUT2D eigenvalue weighted by molar-refractivity contribution is 5.83. The second-order valence-electron chi connectivity index (χ2n) is 9.05. The first-order valence-electron chi connectivity index (χ1n) is 11.5. The Balaban J connectivity index is 1.30. The van der Waals surface area contributed by atoms with E-state index in [1.54, 1.807) is 0 Å². The minimum absolute atomic E-state index is 0.316. The van der Waals surface area contributed by atoms with Crippen LogP contribution in [0, 0.1) is 0 Å². The van der Waals surface area contributed by atoms with Gasteiger partial charge in [0, 0.05) is 12.8 Å². The van der Waals surface area contributed by atoms with Gasteiger partial charge in [-0.3, -0.25) is 4.79 Å². The second-order valence-corrected chi connectivity index (χ2v) is 9.05. The lowest BCUT2D eigenvalue weighted by Gasteiger charge is -2.22. The van der Waals surface area contributed by atoms with Gasteiger partial charge in [-0.15, -0.1) is 0 Å². The number of hydrogen-bond donors (Lipinski definition) is 0. The fourth-order valence-electron chi connectivity index (χ4n) is 5.20. The van der Waals surface area contributed by atoms with Crippen LogP contribution in [0.1, 0.15) is 98.3 Å². The van der Waals surface area contributed by atoms with Crippen molar-refractivity contribution in [2.75, 3.05) is 0 Å². The minimum atomic E-state index is 0.316. The van der Waals surface area contributed by atoms with E-state index in [2.05, 4.69) is 48.5 Å². The second kappa shape index (κ2) is 9.54. The van der Waals surface area contributed by atoms with Crippen LogP contribution in [0.5, 0.6) is 0 Å². The SMILES string of the molecule is O=C(Cc1ccc(C2CCCCC2)cc1)Cc1ccc(C2CCCCC2)cc1. The van der Waals surface area contributed by atoms with E-state index in [4.69, 9.17) is 0 Å². The van der Waals surface area contributed by atoms with Crippen molar-refractivity contribution in [1.82, 2.24) is 0 Å². The van der Waals surface area contributed by atoms with Crippen LogP contribution in [-0.4, -0.2) is 5.78 Å². The summed E-state index contributed by atoms with van der Waals surface area (Å²) in [5.41, 5.74) is 5.25. The molecule has 1 nitrogen and oxygen atoms in total. The lowest BCUT2D eigenvalue weighted by atomic mass is 9.83. The molecule has 0 aliphatic heterocycles. The molecule has 0 N–H and O–H groups in total. The Morgan fingerprint density at radius 3 is 1.29 bits per heavy atom. The van der Waals surface area contributed by atoms with Crippen LogP contribution in [0.25, 0.3) is 0 Å². The van der Waals surface area contributed by atoms with Gasteiger partial charge in [-0.2, -0.15) is 0 Å². The van der Waals surface area contributed by atoms with Crippen molar-refractivity contribution in [2.45, 2.75) is 88.9 Å². The van der Waals surface area contributed by atoms with Gasteiger partial charge in [0.15, 0.2) is 0 Å². The zero-order chi connectivity index (χ0) is 19.2. The lowest BCUT2D eigenvalue weighted by molar-refractivity contribution is -0.117. The maximum atomic E-state index is 12.6. The molecular weight excluding hydrogens is 340 g/mol. The normalized spacial score (nSPS) is 18.9. The molecule has 0 saturated heterocycles. The predicted octanol–water partition coefficient (Wildman–Crippen LogP) is 7.14. The zero-order valence-electron chi connectivity index (χ0n) is 17.2. The van der Waals surface area contributed by atoms with E-state index in [9.17, 15) is 4.79 Å². The highest BCUT2D eigenvalue weighted by atomic mass is 16.1. The Hall–Kier alpha value is -1.89. The highest BCUT2D eigenvalue weighted by Gasteiger charge is 2.16. The van der Waals surface area contributed by atoms with E-state index in [-0.39, 0.29) is 0 Å². The molecule has 0 atom stereocenters. The van der Waals surface area contributed by atoms with E-state index in [0.717, 1.165) is 23.0 Å². The highest BCUT2D eigenvalue weighted by Crippen LogP contribution is 2.33. The maximum Gasteiger partial charge on any atom is 0.141 e. The molecule has 28 heavy (non-hydrogen) atoms. The van der Waals surface area contributed by atoms with Crippen LogP contribution in [-0.2, 0) is 17.6 Å². The van der Waals surface area contributed by atoms with E-state index in [0.29, 0.717) is 18.6 Å². The first-order valence-corrected chi connectivity index (χ1v) is 11.5. The Bertz CT molecular complexity index is 678. The molecule has 0 heterocycles. The molecule has 0 amide bonds. The van der Waals surface area contributed by atoms with Gasteiger partial charge in [-0.25, -0.2) is 0 Å². The van der Waals surface area contributed by atoms with Gasteiger partial charge in [0.25, 0.3) is 0 Å². The molecule has 148 valence electrons. The topological polar surface area (TPSA) is 17.1 Å². The van der Waals surface area contributed by atoms with Crippen LogP contribution in [0.15, 0.2) is 48.5 Å². The van der Waals surface area contributed by atoms with Crippen molar-refractivity contribution in [1.29, 1.82) is 0 Å². The third-order valence-corrected chi connectivity index (χ3v) is 6.92. The van der Waals surface area contributed by atoms with Crippen LogP contribution in [0.4, 0.5) is 0 Å². The molecule has 2 aliphatic carbocycles. The van der Waals surface area contributed by atoms with Crippen molar-refractivity contribution in [3.8, 4) is 0 Å². The summed E-state index contributed by atoms with van der Waals surface area (Å²) in [6.45, 7) is 0. The molecule has 0 unspecified atom stereocenters. The van der Waals surface area contributed by atoms with Crippen LogP contribution in [0.2, 0.25) is 0 Å². The van der Waals surface area contributed by atoms with Gasteiger partial charge < -0.3 is 0 Å². The largest absolute Gasteiger partial charge is 0.299 e. The quantitative estimate of drug-likeness (QED) is 0.525. The molecule has 0 spiro atoms. The number of benzene rings is 2. The summed E-state index contributed by atoms with van der Waals surface area (Å²) >= 11 is 0. The summed E-state index contributed by atoms with van der Waals surface area (Å²) < 4.78 is 0. The maximum absolute atomic E-state index is 12.6. The minimum Gasteiger partial charge on any atom is -0.299 e. The van der Waals surface area contributed by atoms with E-state index < -0.39 is 0 Å². The van der Waals surface area contributed by atoms with Gasteiger partial charge in [0.1, 0.15) is 5.78 Å². The molecule has 2 fully saturated rings. The molecule has 1 heteroatoms. The molecule has 0 bridgehead atoms. The van der Waals surface area contributed by atoms with Gasteiger partial charge in [0.05, 0.1) is 0 Å². The number of carbonyl (C=O) groups excluding carboxylic acids is 1. The van der Waals surface area contributed by atoms with Gasteiger partial charge in [-0.1, -0.05) is 87.1 Å². The van der Waals surface area contributed by atoms with Crippen molar-refractivity contribution < 1.29 is 4.79 Å². The van der Waals surface area contributed by atoms with Gasteiger partial charge >= 0.3 is 0 Å². The summed E-state index contributed by atoms with van der Waals surface area (Å²) in [7, 11) is 0. The Morgan fingerprint density at radius 1 is 0.571 bits per heavy atom. The molecule has 2 aromatic rings. The summed E-state index contributed by atoms with van der Waals surface area (Å²) in [6.07, 6.45) is 14.7. The Morgan fingerprint density at radius 2 is 0.929 bits per heavy atom. The van der Waals surface area contributed by atoms with Crippen LogP contribution < -0.4 is 0 Å². The van der Waals surface area contributed by atoms with Crippen molar-refractivity contribution >= 4 is 5.78 Å². The predicted molar refractivity (Wildman–Crippen MR) is 117 cm³/mol. The molecule has 2 saturated carbocycles. The third kappa shape index (κ3) is 5.13. The van der Waals surface area contributed by atoms with E-state index >= 15 is 0 Å². The summed E-state index contributed by atoms with van der Waals surface area (Å²) in [5, 5.41) is 0. The molecule has 0 radical (unpaired) electrons. The Labute approximate surface area is 170 Å². The fraction of sp³-hybridized carbons (Fsp3) is 0.519. The zero-order valence-corrected chi connectivity index (χ0v) is 17.2. The monoisotopic (exact) mass is 374 g/mol. The van der Waals surface area contributed by atoms with Crippen molar-refractivity contribution in [3.05, 3.63) is 70.8 Å². The first kappa shape index (κ1) is 19.4. The molecule has 0 aromatic heterocycles. The van der Waals surface area contributed by atoms with Crippen LogP contribution in [0.3, 0.4) is 0 Å². The van der Waals surface area contributed by atoms with Crippen LogP contribution >= 0.6 is 0 Å². The number of Topliss-reactive ketones (excluding diaryl/α,β-unsaturated/α-hetero) is 1. The molecule has 2 aromatic carbocycles. The number of ketones is 1. The lowest BCUT2D eigenvalue weighted by Crippen LogP contribution is -2.08. The Kier molecular flexibility index (Phi) is 6.62. The molecule has 2 aliphatic rings. The standard InChI is InChI=1S/C27H34O/c28-27(19-21-11-15-25(16-12-21)23-7-3-1-4-8-23)20-22-13-17-26(18-14-22)24-9-5-2-6-10-24/h11-18,23-24H,1-10,19-20H2. The first-order chi connectivity index (χ1) is 13.8. The average molecular weight is 375 g/mol. The van der Waals surface area contributed by atoms with E-state index in [1.165, 1.54) is 75.3 Å². The molecular formula is C27H34O. The summed E-state index contributed by atoms with van der Waals surface area (Å²) in [6, 6.07) is 17.7. The number of hydrogen-bond acceptors (Lipinski definition) is 1. The third-order valence-electron chi connectivity index (χ3n) is 6.92. The fourth-order valence-corrected chi connectivity index (χ4v) is 5.20. The van der Waals surface area contributed by atoms with Crippen molar-refractivity contribution in [2.24, 2.45) is 0 Å². The summed E-state index contributed by atoms with van der Waals surface area (Å²) in [5.74, 6) is 1.79. The number of rotatable bonds is 6. The van der Waals surface area contributed by atoms with Crippen molar-refractivity contribution in [3.63, 3.8) is 0 Å². The van der Waals surface area contributed by atoms with Gasteiger partial charge in [-0.05, 0) is 59.8 Å². The van der Waals surface area contributed by atoms with Gasteiger partial charge in [0.2, 0.25) is 0 Å². The molecule has 4 rings (SSSR count). The smallest absolute Gasteiger partial charge is 0.141 e. The summed E-state index contributed by atoms with van der Waals surface area (Å²) in [4.78, 5) is 12.6. The number of carbonyl (C=O) groups is 1. The van der Waals surface area contributed by atoms with E-state index in [1.807, 2.05) is 0 Å². The average Bonchev–Trinajstić information content (AvgIpc) is 2.76.